The van der Waals surface area contributed by atoms with Crippen LogP contribution in [0.25, 0.3) is 0 Å². The molecule has 12 unspecified atom stereocenters. The van der Waals surface area contributed by atoms with E-state index in [9.17, 15) is 45.6 Å². The Labute approximate surface area is 315 Å². The van der Waals surface area contributed by atoms with Crippen molar-refractivity contribution in [3.8, 4) is 0 Å². The smallest absolute Gasteiger partial charge is 0.223 e. The van der Waals surface area contributed by atoms with Crippen LogP contribution in [0, 0.1) is 0 Å². The largest absolute Gasteiger partial charge is 0.390 e. The fraction of sp³-hybridized carbons (Fsp3) is 0.914. The Hall–Kier alpha value is -1.47. The highest BCUT2D eigenvalue weighted by atomic mass is 16.8. The van der Waals surface area contributed by atoms with Crippen LogP contribution < -0.4 is 5.32 Å². The molecule has 0 radical (unpaired) electrons. The Kier molecular flexibility index (Phi) is 16.2. The molecule has 0 aromatic rings. The number of methoxy groups -OCH3 is 1. The molecule has 4 rings (SSSR count). The van der Waals surface area contributed by atoms with Crippen molar-refractivity contribution in [3.05, 3.63) is 12.7 Å². The van der Waals surface area contributed by atoms with Gasteiger partial charge in [0, 0.05) is 7.11 Å². The molecule has 0 aliphatic carbocycles. The Balaban J connectivity index is 1.47. The summed E-state index contributed by atoms with van der Waals surface area (Å²) in [5.41, 5.74) is -1.30. The monoisotopic (exact) mass is 783 g/mol. The number of carbonyl (C=O) groups excluding carboxylic acids is 1. The van der Waals surface area contributed by atoms with Crippen molar-refractivity contribution in [2.24, 2.45) is 0 Å². The number of aliphatic hydroxyl groups excluding tert-OH is 7. The molecular weight excluding hydrogens is 722 g/mol. The molecule has 314 valence electrons. The maximum atomic E-state index is 12.5. The van der Waals surface area contributed by atoms with E-state index in [1.54, 1.807) is 19.9 Å². The molecule has 9 N–H and O–H groups in total. The number of aliphatic hydroxyl groups is 8. The van der Waals surface area contributed by atoms with Gasteiger partial charge in [-0.15, -0.1) is 6.58 Å². The Morgan fingerprint density at radius 3 is 1.67 bits per heavy atom. The van der Waals surface area contributed by atoms with Crippen LogP contribution >= 0.6 is 0 Å². The molecule has 19 heteroatoms. The van der Waals surface area contributed by atoms with Gasteiger partial charge in [0.15, 0.2) is 25.2 Å². The van der Waals surface area contributed by atoms with Crippen LogP contribution in [0.3, 0.4) is 0 Å². The molecule has 0 saturated carbocycles. The first-order valence-electron chi connectivity index (χ1n) is 18.4. The molecule has 0 aromatic carbocycles. The summed E-state index contributed by atoms with van der Waals surface area (Å²) in [6.45, 7) is 12.9. The lowest BCUT2D eigenvalue weighted by atomic mass is 9.94. The van der Waals surface area contributed by atoms with Crippen LogP contribution in [0.1, 0.15) is 60.8 Å². The van der Waals surface area contributed by atoms with Crippen LogP contribution in [0.15, 0.2) is 12.7 Å². The number of allylic oxidation sites excluding steroid dienone is 1. The number of amides is 1. The van der Waals surface area contributed by atoms with E-state index >= 15 is 0 Å². The molecule has 54 heavy (non-hydrogen) atoms. The first-order valence-corrected chi connectivity index (χ1v) is 18.4. The minimum atomic E-state index is -1.77. The number of ether oxygens (including phenoxy) is 9. The van der Waals surface area contributed by atoms with Crippen molar-refractivity contribution >= 4 is 5.91 Å². The van der Waals surface area contributed by atoms with Gasteiger partial charge >= 0.3 is 0 Å². The van der Waals surface area contributed by atoms with Gasteiger partial charge < -0.3 is 88.8 Å². The minimum absolute atomic E-state index is 0.209. The van der Waals surface area contributed by atoms with E-state index in [1.165, 1.54) is 34.8 Å². The van der Waals surface area contributed by atoms with Crippen LogP contribution in [0.4, 0.5) is 0 Å². The highest BCUT2D eigenvalue weighted by Crippen LogP contribution is 2.35. The molecule has 4 aliphatic rings. The van der Waals surface area contributed by atoms with Crippen LogP contribution in [-0.4, -0.2) is 189 Å². The molecule has 19 nitrogen and oxygen atoms in total. The zero-order chi connectivity index (χ0) is 40.2. The van der Waals surface area contributed by atoms with Crippen molar-refractivity contribution in [1.29, 1.82) is 0 Å². The van der Waals surface area contributed by atoms with E-state index in [2.05, 4.69) is 11.9 Å². The predicted molar refractivity (Wildman–Crippen MR) is 183 cm³/mol. The molecule has 20 atom stereocenters. The maximum absolute atomic E-state index is 12.5. The lowest BCUT2D eigenvalue weighted by molar-refractivity contribution is -0.387. The molecule has 0 bridgehead atoms. The topological polar surface area (TPSA) is 274 Å². The Bertz CT molecular complexity index is 1190. The van der Waals surface area contributed by atoms with Gasteiger partial charge in [-0.3, -0.25) is 4.79 Å². The zero-order valence-electron chi connectivity index (χ0n) is 31.8. The quantitative estimate of drug-likeness (QED) is 0.0603. The third-order valence-corrected chi connectivity index (χ3v) is 10.1. The summed E-state index contributed by atoms with van der Waals surface area (Å²) in [6, 6.07) is -0.968. The lowest BCUT2D eigenvalue weighted by Gasteiger charge is -2.49. The van der Waals surface area contributed by atoms with Crippen molar-refractivity contribution in [3.63, 3.8) is 0 Å². The van der Waals surface area contributed by atoms with Gasteiger partial charge in [0.1, 0.15) is 67.1 Å². The van der Waals surface area contributed by atoms with E-state index in [0.717, 1.165) is 0 Å². The highest BCUT2D eigenvalue weighted by molar-refractivity contribution is 5.77. The van der Waals surface area contributed by atoms with Crippen LogP contribution in [-0.2, 0) is 47.4 Å². The standard InChI is InChI=1S/C35H61NO18/c1-9-10-11-12-47-33-30(24(42)20(38)15(3)51-33)54-32-25(43)27(21(39)16(4)50-32)52-31-26(44)28(22(40)17(5)49-31)53-34-29(46-8)23(41)19(14(2)48-34)36-18(37)13-35(6,7)45/h9,14-17,19-34,38-45H,1,10-13H2,2-8H3,(H,36,37)/t14?,15?,16?,17?,19-,20+,21+,22+,23?,24?,25?,26?,27?,28?,29?,30?,31+,32+,33-,34+/m1/s1. The average molecular weight is 784 g/mol. The van der Waals surface area contributed by atoms with Gasteiger partial charge in [-0.25, -0.2) is 0 Å². The molecule has 1 amide bonds. The maximum Gasteiger partial charge on any atom is 0.223 e. The average Bonchev–Trinajstić information content (AvgIpc) is 3.09. The number of nitrogens with one attached hydrogen (secondary N) is 1. The van der Waals surface area contributed by atoms with E-state index in [0.29, 0.717) is 12.8 Å². The molecule has 4 heterocycles. The van der Waals surface area contributed by atoms with Crippen molar-refractivity contribution < 1.29 is 88.3 Å². The van der Waals surface area contributed by atoms with E-state index in [-0.39, 0.29) is 13.0 Å². The van der Waals surface area contributed by atoms with Crippen LogP contribution in [0.2, 0.25) is 0 Å². The van der Waals surface area contributed by atoms with Gasteiger partial charge in [-0.1, -0.05) is 6.08 Å². The number of hydrogen-bond donors (Lipinski definition) is 9. The number of carbonyl (C=O) groups is 1. The van der Waals surface area contributed by atoms with E-state index in [1.807, 2.05) is 0 Å². The molecule has 4 aliphatic heterocycles. The fourth-order valence-electron chi connectivity index (χ4n) is 6.92. The Morgan fingerprint density at radius 1 is 0.667 bits per heavy atom. The summed E-state index contributed by atoms with van der Waals surface area (Å²) in [4.78, 5) is 12.5. The second-order valence-corrected chi connectivity index (χ2v) is 15.2. The summed E-state index contributed by atoms with van der Waals surface area (Å²) in [5, 5.41) is 90.4. The summed E-state index contributed by atoms with van der Waals surface area (Å²) in [5.74, 6) is -0.539. The highest BCUT2D eigenvalue weighted by Gasteiger charge is 2.54. The number of unbranched alkanes of at least 4 members (excludes halogenated alkanes) is 1. The van der Waals surface area contributed by atoms with E-state index in [4.69, 9.17) is 42.6 Å². The van der Waals surface area contributed by atoms with Gasteiger partial charge in [-0.2, -0.15) is 0 Å². The minimum Gasteiger partial charge on any atom is -0.390 e. The first-order chi connectivity index (χ1) is 25.3. The molecule has 4 saturated heterocycles. The van der Waals surface area contributed by atoms with Gasteiger partial charge in [0.25, 0.3) is 0 Å². The normalized spacial score (nSPS) is 46.2. The summed E-state index contributed by atoms with van der Waals surface area (Å²) >= 11 is 0. The molecular formula is C35H61NO18. The SMILES string of the molecule is C=CCCCO[C@@H]1OC(C)[C@H](O)C(O)C1O[C@@H]1OC(C)[C@H](O)C(O[C@@H]2OC(C)[C@H](O)C(O[C@@H]3OC(C)[C@@H](NC(=O)CC(C)(C)O)C(O)C3OC)C2O)C1O. The number of hydrogen-bond acceptors (Lipinski definition) is 18. The van der Waals surface area contributed by atoms with Gasteiger partial charge in [0.05, 0.1) is 49.1 Å². The zero-order valence-corrected chi connectivity index (χ0v) is 31.8. The number of rotatable bonds is 15. The van der Waals surface area contributed by atoms with Gasteiger partial charge in [0.2, 0.25) is 5.91 Å². The van der Waals surface area contributed by atoms with Crippen molar-refractivity contribution in [1.82, 2.24) is 5.32 Å². The second-order valence-electron chi connectivity index (χ2n) is 15.2. The lowest BCUT2D eigenvalue weighted by Crippen LogP contribution is -2.67. The van der Waals surface area contributed by atoms with Crippen LogP contribution in [0.5, 0.6) is 0 Å². The summed E-state index contributed by atoms with van der Waals surface area (Å²) in [6.07, 6.45) is -23.1. The van der Waals surface area contributed by atoms with Crippen molar-refractivity contribution in [2.75, 3.05) is 13.7 Å². The third kappa shape index (κ3) is 10.7. The summed E-state index contributed by atoms with van der Waals surface area (Å²) < 4.78 is 52.5. The third-order valence-electron chi connectivity index (χ3n) is 10.1. The predicted octanol–water partition coefficient (Wildman–Crippen LogP) is -2.71. The van der Waals surface area contributed by atoms with E-state index < -0.39 is 134 Å². The first kappa shape index (κ1) is 45.2. The molecule has 0 spiro atoms. The molecule has 0 aromatic heterocycles. The Morgan fingerprint density at radius 2 is 1.15 bits per heavy atom. The van der Waals surface area contributed by atoms with Gasteiger partial charge in [-0.05, 0) is 54.4 Å². The fourth-order valence-corrected chi connectivity index (χ4v) is 6.92. The summed E-state index contributed by atoms with van der Waals surface area (Å²) in [7, 11) is 1.27. The second kappa shape index (κ2) is 19.3. The van der Waals surface area contributed by atoms with Crippen molar-refractivity contribution in [2.45, 2.75) is 189 Å². The molecule has 4 fully saturated rings.